The van der Waals surface area contributed by atoms with E-state index < -0.39 is 17.2 Å². The van der Waals surface area contributed by atoms with E-state index in [-0.39, 0.29) is 30.9 Å². The molecule has 5 rings (SSSR count). The molecule has 1 atom stereocenters. The van der Waals surface area contributed by atoms with Gasteiger partial charge in [0.15, 0.2) is 11.5 Å². The molecular formula is C22H18N4O4. The summed E-state index contributed by atoms with van der Waals surface area (Å²) in [6.07, 6.45) is 0.690. The van der Waals surface area contributed by atoms with Crippen LogP contribution in [0.2, 0.25) is 0 Å². The van der Waals surface area contributed by atoms with Crippen LogP contribution in [0.5, 0.6) is 0 Å². The Labute approximate surface area is 171 Å². The molecule has 1 amide bonds. The Hall–Kier alpha value is -3.81. The smallest absolute Gasteiger partial charge is 0.303 e. The standard InChI is InChI=1S/C22H18N4O4/c27-17-10-12-22(13-11-18(28)29)25(17)16-9-5-4-8-15(16)20-23-21(30)19(24-26(20)22)14-6-2-1-3-7-14/h1-9H,10-13H2,(H,28,29)/t22-/m0/s1. The maximum absolute atomic E-state index is 12.9. The highest BCUT2D eigenvalue weighted by molar-refractivity contribution is 6.01. The van der Waals surface area contributed by atoms with Gasteiger partial charge >= 0.3 is 5.97 Å². The number of rotatable bonds is 4. The molecule has 8 nitrogen and oxygen atoms in total. The van der Waals surface area contributed by atoms with Crippen molar-refractivity contribution in [1.82, 2.24) is 14.8 Å². The molecule has 3 heterocycles. The number of hydrogen-bond acceptors (Lipinski definition) is 5. The van der Waals surface area contributed by atoms with Gasteiger partial charge in [0.2, 0.25) is 5.91 Å². The Morgan fingerprint density at radius 3 is 2.57 bits per heavy atom. The van der Waals surface area contributed by atoms with Gasteiger partial charge in [-0.15, -0.1) is 0 Å². The van der Waals surface area contributed by atoms with Crippen LogP contribution in [0.15, 0.2) is 59.4 Å². The maximum atomic E-state index is 12.9. The van der Waals surface area contributed by atoms with Crippen molar-refractivity contribution in [2.24, 2.45) is 0 Å². The second kappa shape index (κ2) is 6.62. The highest BCUT2D eigenvalue weighted by Gasteiger charge is 2.53. The number of carboxylic acid groups (broad SMARTS) is 1. The van der Waals surface area contributed by atoms with Crippen LogP contribution < -0.4 is 10.5 Å². The van der Waals surface area contributed by atoms with E-state index in [1.54, 1.807) is 33.8 Å². The van der Waals surface area contributed by atoms with E-state index in [1.165, 1.54) is 0 Å². The average molecular weight is 402 g/mol. The zero-order chi connectivity index (χ0) is 20.9. The summed E-state index contributed by atoms with van der Waals surface area (Å²) in [6, 6.07) is 16.2. The van der Waals surface area contributed by atoms with Crippen LogP contribution >= 0.6 is 0 Å². The molecular weight excluding hydrogens is 384 g/mol. The fourth-order valence-electron chi connectivity index (χ4n) is 4.46. The van der Waals surface area contributed by atoms with Gasteiger partial charge in [-0.1, -0.05) is 42.5 Å². The molecule has 8 heteroatoms. The van der Waals surface area contributed by atoms with Gasteiger partial charge in [-0.25, -0.2) is 4.68 Å². The van der Waals surface area contributed by atoms with Crippen LogP contribution in [0.3, 0.4) is 0 Å². The minimum Gasteiger partial charge on any atom is -0.481 e. The van der Waals surface area contributed by atoms with Crippen LogP contribution in [0.1, 0.15) is 25.7 Å². The van der Waals surface area contributed by atoms with Crippen molar-refractivity contribution < 1.29 is 14.7 Å². The largest absolute Gasteiger partial charge is 0.481 e. The molecule has 0 saturated carbocycles. The molecule has 0 aliphatic carbocycles. The molecule has 150 valence electrons. The first-order valence-electron chi connectivity index (χ1n) is 9.73. The second-order valence-electron chi connectivity index (χ2n) is 7.49. The topological polar surface area (TPSA) is 105 Å². The number of anilines is 1. The fraction of sp³-hybridized carbons (Fsp3) is 0.227. The molecule has 1 saturated heterocycles. The third-order valence-electron chi connectivity index (χ3n) is 5.78. The number of amides is 1. The summed E-state index contributed by atoms with van der Waals surface area (Å²) in [5.41, 5.74) is 0.577. The molecule has 0 radical (unpaired) electrons. The van der Waals surface area contributed by atoms with E-state index in [0.29, 0.717) is 29.1 Å². The van der Waals surface area contributed by atoms with Gasteiger partial charge < -0.3 is 5.11 Å². The third kappa shape index (κ3) is 2.57. The number of carbonyl (C=O) groups excluding carboxylic acids is 1. The van der Waals surface area contributed by atoms with Gasteiger partial charge in [0, 0.05) is 36.8 Å². The SMILES string of the molecule is O=C(O)CC[C@@]12CCC(=O)N1c1ccccc1-c1nc(=O)c(-c3ccccc3)nn12. The van der Waals surface area contributed by atoms with Crippen molar-refractivity contribution in [3.63, 3.8) is 0 Å². The molecule has 2 aromatic carbocycles. The predicted octanol–water partition coefficient (Wildman–Crippen LogP) is 2.63. The number of aliphatic carboxylic acids is 1. The van der Waals surface area contributed by atoms with Crippen LogP contribution in [0, 0.1) is 0 Å². The molecule has 1 aromatic heterocycles. The summed E-state index contributed by atoms with van der Waals surface area (Å²) in [5.74, 6) is -0.701. The van der Waals surface area contributed by atoms with Crippen molar-refractivity contribution in [1.29, 1.82) is 0 Å². The Morgan fingerprint density at radius 1 is 1.07 bits per heavy atom. The Morgan fingerprint density at radius 2 is 1.80 bits per heavy atom. The van der Waals surface area contributed by atoms with E-state index in [4.69, 9.17) is 0 Å². The Bertz CT molecular complexity index is 1240. The molecule has 2 aliphatic heterocycles. The number of aromatic nitrogens is 3. The van der Waals surface area contributed by atoms with E-state index in [1.807, 2.05) is 30.3 Å². The lowest BCUT2D eigenvalue weighted by atomic mass is 9.95. The van der Waals surface area contributed by atoms with Gasteiger partial charge in [-0.3, -0.25) is 19.3 Å². The predicted molar refractivity (Wildman–Crippen MR) is 109 cm³/mol. The van der Waals surface area contributed by atoms with Crippen molar-refractivity contribution in [2.45, 2.75) is 31.3 Å². The normalized spacial score (nSPS) is 19.2. The summed E-state index contributed by atoms with van der Waals surface area (Å²) in [7, 11) is 0. The number of hydrogen-bond donors (Lipinski definition) is 1. The quantitative estimate of drug-likeness (QED) is 0.719. The monoisotopic (exact) mass is 402 g/mol. The second-order valence-corrected chi connectivity index (χ2v) is 7.49. The number of fused-ring (bicyclic) bond motifs is 6. The molecule has 2 aliphatic rings. The van der Waals surface area contributed by atoms with Gasteiger partial charge in [-0.05, 0) is 12.1 Å². The van der Waals surface area contributed by atoms with E-state index in [0.717, 1.165) is 0 Å². The highest BCUT2D eigenvalue weighted by atomic mass is 16.4. The molecule has 1 fully saturated rings. The van der Waals surface area contributed by atoms with Crippen molar-refractivity contribution in [2.75, 3.05) is 4.90 Å². The van der Waals surface area contributed by atoms with Crippen molar-refractivity contribution in [3.8, 4) is 22.6 Å². The number of para-hydroxylation sites is 1. The number of benzene rings is 2. The molecule has 0 unspecified atom stereocenters. The Kier molecular flexibility index (Phi) is 4.02. The zero-order valence-electron chi connectivity index (χ0n) is 16.0. The minimum atomic E-state index is -1.01. The van der Waals surface area contributed by atoms with Crippen LogP contribution in [0.4, 0.5) is 5.69 Å². The van der Waals surface area contributed by atoms with Crippen LogP contribution in [-0.4, -0.2) is 31.7 Å². The summed E-state index contributed by atoms with van der Waals surface area (Å²) < 4.78 is 1.60. The first-order valence-corrected chi connectivity index (χ1v) is 9.73. The average Bonchev–Trinajstić information content (AvgIpc) is 3.10. The lowest BCUT2D eigenvalue weighted by Crippen LogP contribution is -2.53. The number of carbonyl (C=O) groups is 2. The van der Waals surface area contributed by atoms with E-state index in [9.17, 15) is 19.5 Å². The van der Waals surface area contributed by atoms with Gasteiger partial charge in [0.05, 0.1) is 5.69 Å². The zero-order valence-corrected chi connectivity index (χ0v) is 16.0. The van der Waals surface area contributed by atoms with Gasteiger partial charge in [-0.2, -0.15) is 10.1 Å². The summed E-state index contributed by atoms with van der Waals surface area (Å²) in [5, 5.41) is 14.0. The third-order valence-corrected chi connectivity index (χ3v) is 5.78. The first kappa shape index (κ1) is 18.2. The molecule has 0 spiro atoms. The van der Waals surface area contributed by atoms with Gasteiger partial charge in [0.1, 0.15) is 5.66 Å². The first-order chi connectivity index (χ1) is 14.5. The van der Waals surface area contributed by atoms with Crippen LogP contribution in [0.25, 0.3) is 22.6 Å². The van der Waals surface area contributed by atoms with Gasteiger partial charge in [0.25, 0.3) is 5.56 Å². The maximum Gasteiger partial charge on any atom is 0.303 e. The number of nitrogens with zero attached hydrogens (tertiary/aromatic N) is 4. The summed E-state index contributed by atoms with van der Waals surface area (Å²) >= 11 is 0. The fourth-order valence-corrected chi connectivity index (χ4v) is 4.46. The lowest BCUT2D eigenvalue weighted by Gasteiger charge is -2.44. The molecule has 3 aromatic rings. The van der Waals surface area contributed by atoms with E-state index in [2.05, 4.69) is 10.1 Å². The van der Waals surface area contributed by atoms with Crippen molar-refractivity contribution >= 4 is 17.6 Å². The highest BCUT2D eigenvalue weighted by Crippen LogP contribution is 2.49. The minimum absolute atomic E-state index is 0.0970. The van der Waals surface area contributed by atoms with E-state index >= 15 is 0 Å². The Balaban J connectivity index is 1.81. The van der Waals surface area contributed by atoms with Crippen molar-refractivity contribution in [3.05, 3.63) is 65.0 Å². The lowest BCUT2D eigenvalue weighted by molar-refractivity contribution is -0.137. The van der Waals surface area contributed by atoms with Crippen LogP contribution in [-0.2, 0) is 15.3 Å². The number of carboxylic acids is 1. The molecule has 1 N–H and O–H groups in total. The summed E-state index contributed by atoms with van der Waals surface area (Å²) in [4.78, 5) is 43.2. The molecule has 0 bridgehead atoms. The summed E-state index contributed by atoms with van der Waals surface area (Å²) in [6.45, 7) is 0. The molecule has 30 heavy (non-hydrogen) atoms.